The second-order valence-corrected chi connectivity index (χ2v) is 6.67. The summed E-state index contributed by atoms with van der Waals surface area (Å²) < 4.78 is 21.9. The fourth-order valence-corrected chi connectivity index (χ4v) is 2.31. The second kappa shape index (κ2) is 6.53. The normalized spacial score (nSPS) is 11.2. The number of hydrogen-bond donors (Lipinski definition) is 1. The van der Waals surface area contributed by atoms with Crippen molar-refractivity contribution < 1.29 is 8.42 Å². The Morgan fingerprint density at radius 2 is 2.11 bits per heavy atom. The molecule has 0 aromatic heterocycles. The molecule has 1 aromatic carbocycles. The van der Waals surface area contributed by atoms with Gasteiger partial charge in [-0.05, 0) is 43.1 Å². The van der Waals surface area contributed by atoms with E-state index in [2.05, 4.69) is 11.4 Å². The molecule has 0 atom stereocenters. The topological polar surface area (TPSA) is 70.0 Å². The lowest BCUT2D eigenvalue weighted by molar-refractivity contribution is 0.594. The predicted molar refractivity (Wildman–Crippen MR) is 71.9 cm³/mol. The van der Waals surface area contributed by atoms with Crippen LogP contribution in [-0.4, -0.2) is 27.0 Å². The van der Waals surface area contributed by atoms with Crippen LogP contribution in [0.4, 0.5) is 0 Å². The highest BCUT2D eigenvalue weighted by atomic mass is 32.2. The zero-order chi connectivity index (χ0) is 13.6. The molecule has 1 aromatic rings. The minimum Gasteiger partial charge on any atom is -0.313 e. The Kier molecular flexibility index (Phi) is 5.32. The molecule has 0 radical (unpaired) electrons. The molecule has 0 amide bonds. The van der Waals surface area contributed by atoms with Gasteiger partial charge in [-0.2, -0.15) is 5.26 Å². The first-order valence-electron chi connectivity index (χ1n) is 5.80. The van der Waals surface area contributed by atoms with E-state index < -0.39 is 9.84 Å². The number of benzene rings is 1. The molecule has 0 aliphatic rings. The van der Waals surface area contributed by atoms with Gasteiger partial charge >= 0.3 is 0 Å². The lowest BCUT2D eigenvalue weighted by Gasteiger charge is -2.07. The van der Waals surface area contributed by atoms with Gasteiger partial charge in [-0.1, -0.05) is 6.07 Å². The van der Waals surface area contributed by atoms with E-state index in [9.17, 15) is 8.42 Å². The van der Waals surface area contributed by atoms with E-state index >= 15 is 0 Å². The van der Waals surface area contributed by atoms with Crippen molar-refractivity contribution in [3.63, 3.8) is 0 Å². The number of hydrogen-bond acceptors (Lipinski definition) is 4. The van der Waals surface area contributed by atoms with Crippen LogP contribution in [0.5, 0.6) is 0 Å². The Balaban J connectivity index is 2.39. The van der Waals surface area contributed by atoms with E-state index in [0.717, 1.165) is 11.1 Å². The second-order valence-electron chi connectivity index (χ2n) is 4.41. The van der Waals surface area contributed by atoms with E-state index in [1.165, 1.54) is 6.26 Å². The van der Waals surface area contributed by atoms with Gasteiger partial charge < -0.3 is 5.32 Å². The highest BCUT2D eigenvalue weighted by molar-refractivity contribution is 7.90. The molecule has 1 N–H and O–H groups in total. The van der Waals surface area contributed by atoms with Crippen molar-refractivity contribution in [2.45, 2.75) is 19.9 Å². The number of nitrogens with zero attached hydrogens (tertiary/aromatic N) is 1. The summed E-state index contributed by atoms with van der Waals surface area (Å²) >= 11 is 0. The van der Waals surface area contributed by atoms with Gasteiger partial charge in [-0.15, -0.1) is 0 Å². The smallest absolute Gasteiger partial charge is 0.147 e. The predicted octanol–water partition coefficient (Wildman–Crippen LogP) is 1.39. The Labute approximate surface area is 109 Å². The van der Waals surface area contributed by atoms with Gasteiger partial charge in [0.15, 0.2) is 0 Å². The fraction of sp³-hybridized carbons (Fsp3) is 0.462. The van der Waals surface area contributed by atoms with Crippen molar-refractivity contribution in [2.24, 2.45) is 0 Å². The van der Waals surface area contributed by atoms with E-state index in [1.807, 2.05) is 19.1 Å². The van der Waals surface area contributed by atoms with Gasteiger partial charge in [-0.25, -0.2) is 8.42 Å². The van der Waals surface area contributed by atoms with Gasteiger partial charge in [0.2, 0.25) is 0 Å². The first-order chi connectivity index (χ1) is 8.42. The molecule has 1 rings (SSSR count). The molecule has 0 aliphatic carbocycles. The fourth-order valence-electron chi connectivity index (χ4n) is 1.65. The summed E-state index contributed by atoms with van der Waals surface area (Å²) in [5, 5.41) is 12.0. The van der Waals surface area contributed by atoms with Crippen LogP contribution in [0.1, 0.15) is 23.1 Å². The van der Waals surface area contributed by atoms with Crippen LogP contribution in [-0.2, 0) is 16.4 Å². The number of aryl methyl sites for hydroxylation is 1. The molecule has 5 heteroatoms. The van der Waals surface area contributed by atoms with Crippen molar-refractivity contribution >= 4 is 9.84 Å². The third kappa shape index (κ3) is 5.30. The van der Waals surface area contributed by atoms with Gasteiger partial charge in [0.25, 0.3) is 0 Å². The molecule has 0 aliphatic heterocycles. The lowest BCUT2D eigenvalue weighted by Crippen LogP contribution is -2.18. The maximum Gasteiger partial charge on any atom is 0.147 e. The summed E-state index contributed by atoms with van der Waals surface area (Å²) in [6, 6.07) is 7.68. The third-order valence-electron chi connectivity index (χ3n) is 2.66. The molecule has 18 heavy (non-hydrogen) atoms. The van der Waals surface area contributed by atoms with Crippen LogP contribution in [0.3, 0.4) is 0 Å². The van der Waals surface area contributed by atoms with Crippen LogP contribution in [0.25, 0.3) is 0 Å². The first-order valence-corrected chi connectivity index (χ1v) is 7.86. The van der Waals surface area contributed by atoms with Crippen LogP contribution >= 0.6 is 0 Å². The molecule has 4 nitrogen and oxygen atoms in total. The SMILES string of the molecule is Cc1cc(C#N)ccc1CNCCCS(C)(=O)=O. The molecule has 98 valence electrons. The summed E-state index contributed by atoms with van der Waals surface area (Å²) in [5.41, 5.74) is 2.87. The average Bonchev–Trinajstić information content (AvgIpc) is 2.29. The van der Waals surface area contributed by atoms with E-state index in [0.29, 0.717) is 25.1 Å². The summed E-state index contributed by atoms with van der Waals surface area (Å²) in [7, 11) is -2.86. The molecule has 0 heterocycles. The molecule has 0 fully saturated rings. The van der Waals surface area contributed by atoms with Crippen molar-refractivity contribution in [1.29, 1.82) is 5.26 Å². The van der Waals surface area contributed by atoms with E-state index in [1.54, 1.807) is 6.07 Å². The van der Waals surface area contributed by atoms with Gasteiger partial charge in [0.1, 0.15) is 9.84 Å². The Morgan fingerprint density at radius 3 is 2.67 bits per heavy atom. The maximum atomic E-state index is 10.9. The van der Waals surface area contributed by atoms with Crippen molar-refractivity contribution in [2.75, 3.05) is 18.6 Å². The van der Waals surface area contributed by atoms with Crippen LogP contribution in [0.15, 0.2) is 18.2 Å². The zero-order valence-electron chi connectivity index (χ0n) is 10.7. The number of nitriles is 1. The summed E-state index contributed by atoms with van der Waals surface area (Å²) in [4.78, 5) is 0. The monoisotopic (exact) mass is 266 g/mol. The number of rotatable bonds is 6. The highest BCUT2D eigenvalue weighted by Crippen LogP contribution is 2.10. The summed E-state index contributed by atoms with van der Waals surface area (Å²) in [6.07, 6.45) is 1.87. The molecule has 0 saturated carbocycles. The zero-order valence-corrected chi connectivity index (χ0v) is 11.5. The Morgan fingerprint density at radius 1 is 1.39 bits per heavy atom. The summed E-state index contributed by atoms with van der Waals surface area (Å²) in [5.74, 6) is 0.215. The molecule has 0 bridgehead atoms. The molecule has 0 unspecified atom stereocenters. The Hall–Kier alpha value is -1.38. The average molecular weight is 266 g/mol. The van der Waals surface area contributed by atoms with Gasteiger partial charge in [0, 0.05) is 12.8 Å². The third-order valence-corrected chi connectivity index (χ3v) is 3.69. The first kappa shape index (κ1) is 14.7. The quantitative estimate of drug-likeness (QED) is 0.790. The minimum absolute atomic E-state index is 0.215. The molecule has 0 spiro atoms. The highest BCUT2D eigenvalue weighted by Gasteiger charge is 2.02. The standard InChI is InChI=1S/C13H18N2O2S/c1-11-8-12(9-14)4-5-13(11)10-15-6-3-7-18(2,16)17/h4-5,8,15H,3,6-7,10H2,1-2H3. The molecular formula is C13H18N2O2S. The molecule has 0 saturated heterocycles. The largest absolute Gasteiger partial charge is 0.313 e. The maximum absolute atomic E-state index is 10.9. The lowest BCUT2D eigenvalue weighted by atomic mass is 10.1. The van der Waals surface area contributed by atoms with Gasteiger partial charge in [-0.3, -0.25) is 0 Å². The number of nitrogens with one attached hydrogen (secondary N) is 1. The van der Waals surface area contributed by atoms with Crippen molar-refractivity contribution in [1.82, 2.24) is 5.32 Å². The Bertz CT molecular complexity index is 545. The van der Waals surface area contributed by atoms with Crippen LogP contribution in [0.2, 0.25) is 0 Å². The van der Waals surface area contributed by atoms with Crippen molar-refractivity contribution in [3.05, 3.63) is 34.9 Å². The van der Waals surface area contributed by atoms with Crippen molar-refractivity contribution in [3.8, 4) is 6.07 Å². The van der Waals surface area contributed by atoms with Gasteiger partial charge in [0.05, 0.1) is 17.4 Å². The van der Waals surface area contributed by atoms with E-state index in [-0.39, 0.29) is 5.75 Å². The number of sulfone groups is 1. The minimum atomic E-state index is -2.86. The van der Waals surface area contributed by atoms with E-state index in [4.69, 9.17) is 5.26 Å². The molecular weight excluding hydrogens is 248 g/mol. The summed E-state index contributed by atoms with van der Waals surface area (Å²) in [6.45, 7) is 3.34. The van der Waals surface area contributed by atoms with Crippen LogP contribution < -0.4 is 5.32 Å². The van der Waals surface area contributed by atoms with Crippen LogP contribution in [0, 0.1) is 18.3 Å².